The summed E-state index contributed by atoms with van der Waals surface area (Å²) >= 11 is 1.88. The number of carbonyl (C=O) groups is 1. The number of benzene rings is 1. The van der Waals surface area contributed by atoms with Crippen molar-refractivity contribution in [2.45, 2.75) is 6.18 Å². The number of rotatable bonds is 4. The van der Waals surface area contributed by atoms with Crippen LogP contribution in [0.2, 0.25) is 0 Å². The summed E-state index contributed by atoms with van der Waals surface area (Å²) < 4.78 is 37.6. The fourth-order valence-corrected chi connectivity index (χ4v) is 1.93. The number of aliphatic hydroxyl groups excluding tert-OH is 1. The van der Waals surface area contributed by atoms with Crippen LogP contribution in [-0.4, -0.2) is 46.9 Å². The smallest absolute Gasteiger partial charge is 0.406 e. The molecule has 0 aromatic heterocycles. The van der Waals surface area contributed by atoms with E-state index in [-0.39, 0.29) is 5.56 Å². The normalized spacial score (nSPS) is 11.4. The number of hydrogen-bond acceptors (Lipinski definition) is 3. The summed E-state index contributed by atoms with van der Waals surface area (Å²) in [5.41, 5.74) is -0.218. The lowest BCUT2D eigenvalue weighted by Crippen LogP contribution is -2.40. The van der Waals surface area contributed by atoms with Crippen LogP contribution in [0.5, 0.6) is 5.75 Å². The molecule has 0 bridgehead atoms. The third-order valence-corrected chi connectivity index (χ3v) is 2.89. The van der Waals surface area contributed by atoms with Crippen molar-refractivity contribution in [2.24, 2.45) is 0 Å². The third kappa shape index (κ3) is 4.86. The van der Waals surface area contributed by atoms with Crippen molar-refractivity contribution in [2.75, 3.05) is 19.7 Å². The van der Waals surface area contributed by atoms with Gasteiger partial charge in [-0.3, -0.25) is 4.79 Å². The van der Waals surface area contributed by atoms with Gasteiger partial charge in [-0.2, -0.15) is 13.2 Å². The molecule has 1 aromatic carbocycles. The van der Waals surface area contributed by atoms with Crippen molar-refractivity contribution < 1.29 is 28.2 Å². The molecule has 1 amide bonds. The number of halogens is 4. The van der Waals surface area contributed by atoms with Crippen LogP contribution < -0.4 is 0 Å². The Morgan fingerprint density at radius 3 is 2.53 bits per heavy atom. The standard InChI is InChI=1S/C11H11F3INO3/c12-11(13,14)6-16(3-4-17)10(19)8-5-7(15)1-2-9(8)18/h1-2,5,17-18H,3-4,6H2. The maximum absolute atomic E-state index is 12.3. The zero-order valence-electron chi connectivity index (χ0n) is 9.62. The van der Waals surface area contributed by atoms with Crippen molar-refractivity contribution in [3.8, 4) is 5.75 Å². The second kappa shape index (κ2) is 6.42. The first kappa shape index (κ1) is 16.0. The zero-order chi connectivity index (χ0) is 14.6. The van der Waals surface area contributed by atoms with E-state index < -0.39 is 37.5 Å². The van der Waals surface area contributed by atoms with E-state index in [1.54, 1.807) is 0 Å². The van der Waals surface area contributed by atoms with E-state index in [4.69, 9.17) is 5.11 Å². The lowest BCUT2D eigenvalue weighted by Gasteiger charge is -2.23. The number of phenols is 1. The van der Waals surface area contributed by atoms with E-state index in [9.17, 15) is 23.1 Å². The Morgan fingerprint density at radius 1 is 1.37 bits per heavy atom. The molecule has 0 saturated heterocycles. The number of amides is 1. The highest BCUT2D eigenvalue weighted by atomic mass is 127. The Morgan fingerprint density at radius 2 is 2.00 bits per heavy atom. The average Bonchev–Trinajstić information content (AvgIpc) is 2.29. The fourth-order valence-electron chi connectivity index (χ4n) is 1.44. The molecular formula is C11H11F3INO3. The highest BCUT2D eigenvalue weighted by molar-refractivity contribution is 14.1. The minimum atomic E-state index is -4.57. The quantitative estimate of drug-likeness (QED) is 0.775. The molecule has 0 unspecified atom stereocenters. The molecule has 2 N–H and O–H groups in total. The van der Waals surface area contributed by atoms with Gasteiger partial charge in [-0.25, -0.2) is 0 Å². The lowest BCUT2D eigenvalue weighted by molar-refractivity contribution is -0.141. The fraction of sp³-hybridized carbons (Fsp3) is 0.364. The number of phenolic OH excluding ortho intramolecular Hbond substituents is 1. The largest absolute Gasteiger partial charge is 0.507 e. The van der Waals surface area contributed by atoms with Crippen molar-refractivity contribution in [3.05, 3.63) is 27.3 Å². The molecule has 0 aliphatic carbocycles. The van der Waals surface area contributed by atoms with E-state index in [1.807, 2.05) is 22.6 Å². The van der Waals surface area contributed by atoms with E-state index in [2.05, 4.69) is 0 Å². The Balaban J connectivity index is 3.02. The van der Waals surface area contributed by atoms with Crippen LogP contribution in [0.25, 0.3) is 0 Å². The number of nitrogens with zero attached hydrogens (tertiary/aromatic N) is 1. The van der Waals surface area contributed by atoms with Gasteiger partial charge in [-0.15, -0.1) is 0 Å². The van der Waals surface area contributed by atoms with E-state index in [1.165, 1.54) is 18.2 Å². The molecule has 0 saturated carbocycles. The summed E-state index contributed by atoms with van der Waals surface area (Å²) in [6.07, 6.45) is -4.57. The highest BCUT2D eigenvalue weighted by Gasteiger charge is 2.33. The van der Waals surface area contributed by atoms with Crippen LogP contribution >= 0.6 is 22.6 Å². The molecule has 19 heavy (non-hydrogen) atoms. The molecule has 0 atom stereocenters. The molecule has 0 radical (unpaired) electrons. The van der Waals surface area contributed by atoms with Crippen molar-refractivity contribution in [1.82, 2.24) is 4.90 Å². The summed E-state index contributed by atoms with van der Waals surface area (Å²) in [5.74, 6) is -1.36. The summed E-state index contributed by atoms with van der Waals surface area (Å²) in [5, 5.41) is 18.3. The maximum atomic E-state index is 12.3. The molecule has 0 heterocycles. The van der Waals surface area contributed by atoms with Crippen LogP contribution in [0.4, 0.5) is 13.2 Å². The number of aliphatic hydroxyl groups is 1. The van der Waals surface area contributed by atoms with Gasteiger partial charge >= 0.3 is 6.18 Å². The van der Waals surface area contributed by atoms with Crippen LogP contribution in [0.15, 0.2) is 18.2 Å². The van der Waals surface area contributed by atoms with Gasteiger partial charge in [0.2, 0.25) is 0 Å². The molecule has 1 aromatic rings. The minimum absolute atomic E-state index is 0.218. The number of hydrogen-bond donors (Lipinski definition) is 2. The number of carbonyl (C=O) groups excluding carboxylic acids is 1. The monoisotopic (exact) mass is 389 g/mol. The molecule has 106 valence electrons. The van der Waals surface area contributed by atoms with Gasteiger partial charge in [0.25, 0.3) is 5.91 Å². The van der Waals surface area contributed by atoms with Crippen molar-refractivity contribution >= 4 is 28.5 Å². The van der Waals surface area contributed by atoms with Crippen LogP contribution in [-0.2, 0) is 0 Å². The van der Waals surface area contributed by atoms with Gasteiger partial charge in [-0.05, 0) is 40.8 Å². The Bertz CT molecular complexity index is 465. The summed E-state index contributed by atoms with van der Waals surface area (Å²) in [6, 6.07) is 4.05. The lowest BCUT2D eigenvalue weighted by atomic mass is 10.1. The topological polar surface area (TPSA) is 60.8 Å². The van der Waals surface area contributed by atoms with Crippen molar-refractivity contribution in [3.63, 3.8) is 0 Å². The SMILES string of the molecule is O=C(c1cc(I)ccc1O)N(CCO)CC(F)(F)F. The number of aromatic hydroxyl groups is 1. The third-order valence-electron chi connectivity index (χ3n) is 2.22. The van der Waals surface area contributed by atoms with Gasteiger partial charge in [0.05, 0.1) is 12.2 Å². The summed E-state index contributed by atoms with van der Waals surface area (Å²) in [7, 11) is 0. The van der Waals surface area contributed by atoms with Gasteiger partial charge < -0.3 is 15.1 Å². The molecular weight excluding hydrogens is 378 g/mol. The Kier molecular flexibility index (Phi) is 5.41. The van der Waals surface area contributed by atoms with Crippen molar-refractivity contribution in [1.29, 1.82) is 0 Å². The molecule has 0 aliphatic heterocycles. The minimum Gasteiger partial charge on any atom is -0.507 e. The summed E-state index contributed by atoms with van der Waals surface area (Å²) in [4.78, 5) is 12.4. The first-order valence-corrected chi connectivity index (χ1v) is 6.28. The molecule has 1 rings (SSSR count). The molecule has 0 aliphatic rings. The zero-order valence-corrected chi connectivity index (χ0v) is 11.8. The molecule has 4 nitrogen and oxygen atoms in total. The molecule has 8 heteroatoms. The van der Waals surface area contributed by atoms with E-state index in [0.29, 0.717) is 8.47 Å². The van der Waals surface area contributed by atoms with Gasteiger partial charge in [0.15, 0.2) is 0 Å². The van der Waals surface area contributed by atoms with Gasteiger partial charge in [-0.1, -0.05) is 0 Å². The highest BCUT2D eigenvalue weighted by Crippen LogP contribution is 2.23. The summed E-state index contributed by atoms with van der Waals surface area (Å²) in [6.45, 7) is -2.52. The van der Waals surface area contributed by atoms with E-state index in [0.717, 1.165) is 0 Å². The van der Waals surface area contributed by atoms with Gasteiger partial charge in [0.1, 0.15) is 12.3 Å². The van der Waals surface area contributed by atoms with E-state index >= 15 is 0 Å². The second-order valence-electron chi connectivity index (χ2n) is 3.73. The molecule has 0 spiro atoms. The first-order chi connectivity index (χ1) is 8.74. The number of alkyl halides is 3. The average molecular weight is 389 g/mol. The Labute approximate surface area is 121 Å². The molecule has 0 fully saturated rings. The van der Waals surface area contributed by atoms with Gasteiger partial charge in [0, 0.05) is 10.1 Å². The predicted molar refractivity (Wildman–Crippen MR) is 69.9 cm³/mol. The van der Waals surface area contributed by atoms with Crippen LogP contribution in [0.3, 0.4) is 0 Å². The Hall–Kier alpha value is -1.03. The van der Waals surface area contributed by atoms with Crippen LogP contribution in [0.1, 0.15) is 10.4 Å². The maximum Gasteiger partial charge on any atom is 0.406 e. The first-order valence-electron chi connectivity index (χ1n) is 5.20. The second-order valence-corrected chi connectivity index (χ2v) is 4.97. The predicted octanol–water partition coefficient (Wildman–Crippen LogP) is 1.99. The van der Waals surface area contributed by atoms with Crippen LogP contribution in [0, 0.1) is 3.57 Å².